The molecule has 1 heterocycles. The third-order valence-corrected chi connectivity index (χ3v) is 3.70. The molecule has 6 heteroatoms. The maximum atomic E-state index is 13.5. The monoisotopic (exact) mass is 317 g/mol. The second kappa shape index (κ2) is 6.25. The van der Waals surface area contributed by atoms with Gasteiger partial charge in [-0.25, -0.2) is 9.07 Å². The molecule has 1 N–H and O–H groups in total. The van der Waals surface area contributed by atoms with E-state index in [-0.39, 0.29) is 12.4 Å². The molecule has 0 atom stereocenters. The van der Waals surface area contributed by atoms with Crippen molar-refractivity contribution in [1.82, 2.24) is 15.0 Å². The van der Waals surface area contributed by atoms with Gasteiger partial charge in [0.05, 0.1) is 18.8 Å². The molecule has 22 heavy (non-hydrogen) atoms. The van der Waals surface area contributed by atoms with Gasteiger partial charge in [0, 0.05) is 10.6 Å². The maximum Gasteiger partial charge on any atom is 0.123 e. The van der Waals surface area contributed by atoms with Crippen molar-refractivity contribution in [2.24, 2.45) is 0 Å². The zero-order valence-corrected chi connectivity index (χ0v) is 12.3. The minimum atomic E-state index is -0.355. The van der Waals surface area contributed by atoms with Crippen LogP contribution in [0.2, 0.25) is 5.02 Å². The number of halogens is 2. The van der Waals surface area contributed by atoms with Crippen molar-refractivity contribution < 1.29 is 9.50 Å². The summed E-state index contributed by atoms with van der Waals surface area (Å²) in [7, 11) is 0. The van der Waals surface area contributed by atoms with Crippen LogP contribution in [0.5, 0.6) is 0 Å². The molecular weight excluding hydrogens is 305 g/mol. The van der Waals surface area contributed by atoms with Crippen molar-refractivity contribution in [2.45, 2.75) is 13.2 Å². The smallest absolute Gasteiger partial charge is 0.123 e. The Morgan fingerprint density at radius 1 is 1.14 bits per heavy atom. The number of rotatable bonds is 4. The van der Waals surface area contributed by atoms with Crippen molar-refractivity contribution in [2.75, 3.05) is 0 Å². The fraction of sp³-hybridized carbons (Fsp3) is 0.125. The Kier molecular flexibility index (Phi) is 4.18. The molecular formula is C16H13ClFN3O. The summed E-state index contributed by atoms with van der Waals surface area (Å²) in [6.07, 6.45) is 0. The summed E-state index contributed by atoms with van der Waals surface area (Å²) in [4.78, 5) is 0. The molecule has 0 aliphatic carbocycles. The normalized spacial score (nSPS) is 10.9. The molecule has 3 rings (SSSR count). The molecule has 0 amide bonds. The minimum Gasteiger partial charge on any atom is -0.390 e. The first kappa shape index (κ1) is 14.7. The predicted octanol–water partition coefficient (Wildman–Crippen LogP) is 3.28. The Hall–Kier alpha value is -2.24. The molecule has 1 aromatic heterocycles. The molecule has 0 spiro atoms. The van der Waals surface area contributed by atoms with Gasteiger partial charge < -0.3 is 5.11 Å². The number of hydrogen-bond acceptors (Lipinski definition) is 3. The summed E-state index contributed by atoms with van der Waals surface area (Å²) < 4.78 is 15.1. The average Bonchev–Trinajstić information content (AvgIpc) is 2.92. The number of benzene rings is 2. The summed E-state index contributed by atoms with van der Waals surface area (Å²) >= 11 is 6.17. The van der Waals surface area contributed by atoms with Crippen LogP contribution in [0.15, 0.2) is 48.5 Å². The zero-order valence-electron chi connectivity index (χ0n) is 11.6. The van der Waals surface area contributed by atoms with E-state index in [1.807, 2.05) is 18.2 Å². The first-order chi connectivity index (χ1) is 10.7. The van der Waals surface area contributed by atoms with E-state index in [0.29, 0.717) is 28.5 Å². The first-order valence-electron chi connectivity index (χ1n) is 6.71. The average molecular weight is 318 g/mol. The highest BCUT2D eigenvalue weighted by atomic mass is 35.5. The van der Waals surface area contributed by atoms with Crippen LogP contribution in [-0.2, 0) is 13.2 Å². The van der Waals surface area contributed by atoms with Crippen LogP contribution < -0.4 is 0 Å². The van der Waals surface area contributed by atoms with Crippen LogP contribution in [0.4, 0.5) is 4.39 Å². The van der Waals surface area contributed by atoms with Crippen LogP contribution in [0.25, 0.3) is 11.3 Å². The lowest BCUT2D eigenvalue weighted by atomic mass is 10.1. The third kappa shape index (κ3) is 2.86. The fourth-order valence-electron chi connectivity index (χ4n) is 2.31. The molecule has 0 aliphatic rings. The molecule has 0 saturated carbocycles. The summed E-state index contributed by atoms with van der Waals surface area (Å²) in [6, 6.07) is 13.5. The Morgan fingerprint density at radius 3 is 2.68 bits per heavy atom. The van der Waals surface area contributed by atoms with Gasteiger partial charge in [-0.1, -0.05) is 47.1 Å². The van der Waals surface area contributed by atoms with Crippen molar-refractivity contribution in [3.63, 3.8) is 0 Å². The highest BCUT2D eigenvalue weighted by Crippen LogP contribution is 2.25. The van der Waals surface area contributed by atoms with Crippen LogP contribution >= 0.6 is 11.6 Å². The van der Waals surface area contributed by atoms with E-state index >= 15 is 0 Å². The van der Waals surface area contributed by atoms with Gasteiger partial charge in [0.2, 0.25) is 0 Å². The lowest BCUT2D eigenvalue weighted by Gasteiger charge is -2.09. The van der Waals surface area contributed by atoms with Crippen molar-refractivity contribution in [3.05, 3.63) is 70.6 Å². The van der Waals surface area contributed by atoms with E-state index in [9.17, 15) is 9.50 Å². The Balaban J connectivity index is 2.06. The Labute approximate surface area is 131 Å². The first-order valence-corrected chi connectivity index (χ1v) is 7.09. The van der Waals surface area contributed by atoms with Crippen LogP contribution in [0, 0.1) is 5.82 Å². The molecule has 0 radical (unpaired) electrons. The highest BCUT2D eigenvalue weighted by molar-refractivity contribution is 6.31. The fourth-order valence-corrected chi connectivity index (χ4v) is 2.50. The van der Waals surface area contributed by atoms with Crippen LogP contribution in [0.3, 0.4) is 0 Å². The number of hydrogen-bond donors (Lipinski definition) is 1. The molecule has 0 saturated heterocycles. The quantitative estimate of drug-likeness (QED) is 0.803. The highest BCUT2D eigenvalue weighted by Gasteiger charge is 2.15. The second-order valence-electron chi connectivity index (χ2n) is 4.80. The molecule has 2 aromatic carbocycles. The van der Waals surface area contributed by atoms with Gasteiger partial charge >= 0.3 is 0 Å². The van der Waals surface area contributed by atoms with Gasteiger partial charge in [-0.15, -0.1) is 5.10 Å². The van der Waals surface area contributed by atoms with Crippen molar-refractivity contribution in [1.29, 1.82) is 0 Å². The van der Waals surface area contributed by atoms with Crippen molar-refractivity contribution in [3.8, 4) is 11.3 Å². The SMILES string of the molecule is OCc1nnn(Cc2ccccc2Cl)c1-c1cccc(F)c1. The van der Waals surface area contributed by atoms with Gasteiger partial charge in [0.25, 0.3) is 0 Å². The maximum absolute atomic E-state index is 13.5. The molecule has 112 valence electrons. The lowest BCUT2D eigenvalue weighted by Crippen LogP contribution is -2.05. The Bertz CT molecular complexity index is 804. The number of nitrogens with zero attached hydrogens (tertiary/aromatic N) is 3. The van der Waals surface area contributed by atoms with Gasteiger partial charge in [-0.3, -0.25) is 0 Å². The van der Waals surface area contributed by atoms with E-state index in [0.717, 1.165) is 5.56 Å². The second-order valence-corrected chi connectivity index (χ2v) is 5.21. The molecule has 3 aromatic rings. The predicted molar refractivity (Wildman–Crippen MR) is 81.9 cm³/mol. The van der Waals surface area contributed by atoms with Gasteiger partial charge in [0.1, 0.15) is 11.5 Å². The molecule has 0 unspecified atom stereocenters. The topological polar surface area (TPSA) is 50.9 Å². The molecule has 4 nitrogen and oxygen atoms in total. The molecule has 0 bridgehead atoms. The summed E-state index contributed by atoms with van der Waals surface area (Å²) in [5.41, 5.74) is 2.47. The van der Waals surface area contributed by atoms with Gasteiger partial charge in [0.15, 0.2) is 0 Å². The third-order valence-electron chi connectivity index (χ3n) is 3.33. The molecule has 0 aliphatic heterocycles. The summed E-state index contributed by atoms with van der Waals surface area (Å²) in [5.74, 6) is -0.355. The van der Waals surface area contributed by atoms with Crippen LogP contribution in [0.1, 0.15) is 11.3 Å². The van der Waals surface area contributed by atoms with E-state index < -0.39 is 0 Å². The van der Waals surface area contributed by atoms with E-state index in [1.165, 1.54) is 12.1 Å². The van der Waals surface area contributed by atoms with E-state index in [4.69, 9.17) is 11.6 Å². The summed E-state index contributed by atoms with van der Waals surface area (Å²) in [5, 5.41) is 18.1. The van der Waals surface area contributed by atoms with Gasteiger partial charge in [-0.2, -0.15) is 0 Å². The van der Waals surface area contributed by atoms with E-state index in [1.54, 1.807) is 22.9 Å². The summed E-state index contributed by atoms with van der Waals surface area (Å²) in [6.45, 7) is 0.118. The van der Waals surface area contributed by atoms with Gasteiger partial charge in [-0.05, 0) is 23.8 Å². The zero-order chi connectivity index (χ0) is 15.5. The standard InChI is InChI=1S/C16H13ClFN3O/c17-14-7-2-1-4-12(14)9-21-16(15(10-22)19-20-21)11-5-3-6-13(18)8-11/h1-8,22H,9-10H2. The van der Waals surface area contributed by atoms with Crippen molar-refractivity contribution >= 4 is 11.6 Å². The number of aromatic nitrogens is 3. The lowest BCUT2D eigenvalue weighted by molar-refractivity contribution is 0.277. The van der Waals surface area contributed by atoms with E-state index in [2.05, 4.69) is 10.3 Å². The largest absolute Gasteiger partial charge is 0.390 e. The minimum absolute atomic E-state index is 0.269. The molecule has 0 fully saturated rings. The Morgan fingerprint density at radius 2 is 1.95 bits per heavy atom. The number of aliphatic hydroxyl groups is 1. The number of aliphatic hydroxyl groups excluding tert-OH is 1. The van der Waals surface area contributed by atoms with Crippen LogP contribution in [-0.4, -0.2) is 20.1 Å².